The zero-order valence-electron chi connectivity index (χ0n) is 15.2. The van der Waals surface area contributed by atoms with E-state index in [1.54, 1.807) is 12.1 Å². The van der Waals surface area contributed by atoms with Crippen LogP contribution in [0.25, 0.3) is 0 Å². The van der Waals surface area contributed by atoms with E-state index in [1.165, 1.54) is 4.90 Å². The van der Waals surface area contributed by atoms with E-state index >= 15 is 0 Å². The Kier molecular flexibility index (Phi) is 2.99. The van der Waals surface area contributed by atoms with Gasteiger partial charge in [-0.15, -0.1) is 0 Å². The van der Waals surface area contributed by atoms with Crippen LogP contribution in [0.1, 0.15) is 36.8 Å². The van der Waals surface area contributed by atoms with Crippen LogP contribution < -0.4 is 14.8 Å². The van der Waals surface area contributed by atoms with Crippen LogP contribution in [-0.4, -0.2) is 54.3 Å². The van der Waals surface area contributed by atoms with Gasteiger partial charge in [0.1, 0.15) is 17.6 Å². The Bertz CT molecular complexity index is 953. The Hall–Kier alpha value is -2.79. The normalized spacial score (nSPS) is 30.2. The molecule has 8 nitrogen and oxygen atoms in total. The molecule has 2 spiro atoms. The summed E-state index contributed by atoms with van der Waals surface area (Å²) in [7, 11) is 0. The maximum atomic E-state index is 12.6. The highest BCUT2D eigenvalue weighted by Gasteiger charge is 2.59. The van der Waals surface area contributed by atoms with E-state index in [2.05, 4.69) is 11.4 Å². The van der Waals surface area contributed by atoms with Gasteiger partial charge in [0, 0.05) is 29.9 Å². The van der Waals surface area contributed by atoms with Gasteiger partial charge in [-0.2, -0.15) is 5.26 Å². The number of carbonyl (C=O) groups is 2. The molecule has 0 bridgehead atoms. The van der Waals surface area contributed by atoms with Crippen molar-refractivity contribution in [3.05, 3.63) is 23.3 Å². The first-order valence-electron chi connectivity index (χ1n) is 9.65. The number of rotatable bonds is 3. The number of ether oxygens (including phenoxy) is 3. The van der Waals surface area contributed by atoms with E-state index < -0.39 is 5.54 Å². The lowest BCUT2D eigenvalue weighted by atomic mass is 9.86. The molecule has 0 radical (unpaired) electrons. The minimum Gasteiger partial charge on any atom is -0.492 e. The fourth-order valence-electron chi connectivity index (χ4n) is 4.72. The SMILES string of the molecule is N#Cc1cc2c(c(OC3CC(N4C(=O)NC5(COC5)C4=O)C3)c1)C1(CC1)CO2. The van der Waals surface area contributed by atoms with Gasteiger partial charge >= 0.3 is 6.03 Å². The standard InChI is InChI=1S/C20H19N3O5/c21-7-11-3-14-16(19(1-2-19)8-27-14)15(4-11)28-13-5-12(6-13)23-17(24)20(9-26-10-20)22-18(23)25/h3-4,12-13H,1-2,5-6,8-10H2,(H,22,25). The minimum absolute atomic E-state index is 0.0449. The van der Waals surface area contributed by atoms with Gasteiger partial charge in [-0.3, -0.25) is 9.69 Å². The number of amides is 3. The van der Waals surface area contributed by atoms with E-state index in [0.29, 0.717) is 30.8 Å². The molecule has 5 aliphatic rings. The van der Waals surface area contributed by atoms with Crippen LogP contribution in [0.2, 0.25) is 0 Å². The largest absolute Gasteiger partial charge is 0.492 e. The number of nitriles is 1. The Labute approximate surface area is 161 Å². The second-order valence-electron chi connectivity index (χ2n) is 8.57. The molecule has 3 heterocycles. The lowest BCUT2D eigenvalue weighted by Gasteiger charge is -2.41. The molecular formula is C20H19N3O5. The van der Waals surface area contributed by atoms with Gasteiger partial charge < -0.3 is 19.5 Å². The Morgan fingerprint density at radius 3 is 2.61 bits per heavy atom. The predicted octanol–water partition coefficient (Wildman–Crippen LogP) is 1.21. The number of benzene rings is 1. The molecule has 3 amide bonds. The number of carbonyl (C=O) groups excluding carboxylic acids is 2. The molecular weight excluding hydrogens is 362 g/mol. The first-order valence-corrected chi connectivity index (χ1v) is 9.65. The monoisotopic (exact) mass is 381 g/mol. The summed E-state index contributed by atoms with van der Waals surface area (Å²) in [6.45, 7) is 1.14. The first kappa shape index (κ1) is 16.2. The fourth-order valence-corrected chi connectivity index (χ4v) is 4.72. The van der Waals surface area contributed by atoms with E-state index in [1.807, 2.05) is 0 Å². The van der Waals surface area contributed by atoms with Crippen molar-refractivity contribution in [3.63, 3.8) is 0 Å². The first-order chi connectivity index (χ1) is 13.5. The molecule has 0 unspecified atom stereocenters. The third-order valence-electron chi connectivity index (χ3n) is 6.70. The molecule has 1 aromatic rings. The van der Waals surface area contributed by atoms with Crippen LogP contribution in [0, 0.1) is 11.3 Å². The number of hydrogen-bond donors (Lipinski definition) is 1. The maximum Gasteiger partial charge on any atom is 0.325 e. The van der Waals surface area contributed by atoms with Crippen molar-refractivity contribution in [1.82, 2.24) is 10.2 Å². The average molecular weight is 381 g/mol. The average Bonchev–Trinajstić information content (AvgIpc) is 3.23. The molecule has 2 aliphatic carbocycles. The molecule has 144 valence electrons. The van der Waals surface area contributed by atoms with Gasteiger partial charge in [0.2, 0.25) is 0 Å². The van der Waals surface area contributed by atoms with Crippen LogP contribution in [0.15, 0.2) is 12.1 Å². The summed E-state index contributed by atoms with van der Waals surface area (Å²) >= 11 is 0. The Morgan fingerprint density at radius 1 is 1.21 bits per heavy atom. The van der Waals surface area contributed by atoms with Gasteiger partial charge in [-0.25, -0.2) is 4.79 Å². The van der Waals surface area contributed by atoms with Gasteiger partial charge in [0.25, 0.3) is 5.91 Å². The van der Waals surface area contributed by atoms with Crippen molar-refractivity contribution in [2.75, 3.05) is 19.8 Å². The zero-order valence-corrected chi connectivity index (χ0v) is 15.2. The summed E-state index contributed by atoms with van der Waals surface area (Å²) < 4.78 is 17.2. The molecule has 0 aromatic heterocycles. The Morgan fingerprint density at radius 2 is 2.00 bits per heavy atom. The lowest BCUT2D eigenvalue weighted by Crippen LogP contribution is -2.63. The second kappa shape index (κ2) is 5.17. The van der Waals surface area contributed by atoms with Crippen LogP contribution in [0.3, 0.4) is 0 Å². The molecule has 2 saturated carbocycles. The summed E-state index contributed by atoms with van der Waals surface area (Å²) in [6, 6.07) is 5.24. The number of imide groups is 1. The molecule has 0 atom stereocenters. The number of nitrogens with one attached hydrogen (secondary N) is 1. The lowest BCUT2D eigenvalue weighted by molar-refractivity contribution is -0.151. The van der Waals surface area contributed by atoms with Crippen LogP contribution in [0.4, 0.5) is 4.79 Å². The van der Waals surface area contributed by atoms with Gasteiger partial charge in [0.15, 0.2) is 5.54 Å². The topological polar surface area (TPSA) is 101 Å². The number of fused-ring (bicyclic) bond motifs is 2. The highest BCUT2D eigenvalue weighted by molar-refractivity contribution is 6.08. The summed E-state index contributed by atoms with van der Waals surface area (Å²) in [5.74, 6) is 1.28. The summed E-state index contributed by atoms with van der Waals surface area (Å²) in [6.07, 6.45) is 3.24. The van der Waals surface area contributed by atoms with Gasteiger partial charge in [-0.1, -0.05) is 0 Å². The second-order valence-corrected chi connectivity index (χ2v) is 8.57. The fraction of sp³-hybridized carbons (Fsp3) is 0.550. The quantitative estimate of drug-likeness (QED) is 0.790. The van der Waals surface area contributed by atoms with Crippen molar-refractivity contribution in [3.8, 4) is 17.6 Å². The van der Waals surface area contributed by atoms with Crippen molar-refractivity contribution in [1.29, 1.82) is 5.26 Å². The van der Waals surface area contributed by atoms with Gasteiger partial charge in [-0.05, 0) is 25.0 Å². The molecule has 3 aliphatic heterocycles. The molecule has 6 rings (SSSR count). The van der Waals surface area contributed by atoms with E-state index in [9.17, 15) is 14.9 Å². The van der Waals surface area contributed by atoms with Crippen molar-refractivity contribution >= 4 is 11.9 Å². The van der Waals surface area contributed by atoms with Crippen molar-refractivity contribution in [2.24, 2.45) is 0 Å². The predicted molar refractivity (Wildman–Crippen MR) is 93.9 cm³/mol. The molecule has 8 heteroatoms. The maximum absolute atomic E-state index is 12.6. The van der Waals surface area contributed by atoms with Crippen LogP contribution in [-0.2, 0) is 14.9 Å². The van der Waals surface area contributed by atoms with E-state index in [-0.39, 0.29) is 42.7 Å². The van der Waals surface area contributed by atoms with E-state index in [4.69, 9.17) is 14.2 Å². The van der Waals surface area contributed by atoms with Crippen molar-refractivity contribution < 1.29 is 23.8 Å². The number of urea groups is 1. The number of hydrogen-bond acceptors (Lipinski definition) is 6. The van der Waals surface area contributed by atoms with Gasteiger partial charge in [0.05, 0.1) is 31.5 Å². The molecule has 2 saturated heterocycles. The third-order valence-corrected chi connectivity index (χ3v) is 6.70. The summed E-state index contributed by atoms with van der Waals surface area (Å²) in [5, 5.41) is 12.1. The van der Waals surface area contributed by atoms with Crippen molar-refractivity contribution in [2.45, 2.75) is 48.8 Å². The minimum atomic E-state index is -0.847. The summed E-state index contributed by atoms with van der Waals surface area (Å²) in [5.41, 5.74) is 0.794. The van der Waals surface area contributed by atoms with Crippen LogP contribution in [0.5, 0.6) is 11.5 Å². The highest BCUT2D eigenvalue weighted by Crippen LogP contribution is 2.59. The molecule has 1 N–H and O–H groups in total. The molecule has 4 fully saturated rings. The molecule has 1 aromatic carbocycles. The van der Waals surface area contributed by atoms with E-state index in [0.717, 1.165) is 24.2 Å². The highest BCUT2D eigenvalue weighted by atomic mass is 16.5. The number of nitrogens with zero attached hydrogens (tertiary/aromatic N) is 2. The summed E-state index contributed by atoms with van der Waals surface area (Å²) in [4.78, 5) is 26.2. The Balaban J connectivity index is 1.19. The third kappa shape index (κ3) is 2.02. The van der Waals surface area contributed by atoms with Crippen LogP contribution >= 0.6 is 0 Å². The molecule has 28 heavy (non-hydrogen) atoms. The zero-order chi connectivity index (χ0) is 19.1. The smallest absolute Gasteiger partial charge is 0.325 e.